The zero-order valence-electron chi connectivity index (χ0n) is 13.0. The highest BCUT2D eigenvalue weighted by Gasteiger charge is 2.09. The third-order valence-corrected chi connectivity index (χ3v) is 3.29. The second-order valence-electron chi connectivity index (χ2n) is 5.39. The lowest BCUT2D eigenvalue weighted by molar-refractivity contribution is -0.118. The van der Waals surface area contributed by atoms with Crippen LogP contribution in [-0.2, 0) is 17.8 Å². The molecular weight excluding hydrogens is 294 g/mol. The molecule has 2 rings (SSSR count). The van der Waals surface area contributed by atoms with Crippen LogP contribution in [-0.4, -0.2) is 27.8 Å². The molecule has 1 atom stereocenters. The molecule has 0 bridgehead atoms. The van der Waals surface area contributed by atoms with E-state index in [9.17, 15) is 9.59 Å². The van der Waals surface area contributed by atoms with Gasteiger partial charge in [0.2, 0.25) is 5.91 Å². The smallest absolute Gasteiger partial charge is 0.320 e. The number of primary amides is 1. The van der Waals surface area contributed by atoms with Crippen LogP contribution in [0.4, 0.5) is 10.6 Å². The number of urea groups is 1. The summed E-state index contributed by atoms with van der Waals surface area (Å²) >= 11 is 0. The maximum atomic E-state index is 11.9. The highest BCUT2D eigenvalue weighted by Crippen LogP contribution is 2.06. The molecule has 23 heavy (non-hydrogen) atoms. The van der Waals surface area contributed by atoms with Gasteiger partial charge in [0.25, 0.3) is 0 Å². The second kappa shape index (κ2) is 7.98. The number of aromatic nitrogens is 2. The fourth-order valence-corrected chi connectivity index (χ4v) is 2.15. The van der Waals surface area contributed by atoms with Gasteiger partial charge in [-0.1, -0.05) is 30.3 Å². The topological polar surface area (TPSA) is 102 Å². The van der Waals surface area contributed by atoms with Crippen molar-refractivity contribution < 1.29 is 9.59 Å². The van der Waals surface area contributed by atoms with E-state index in [0.717, 1.165) is 12.8 Å². The SMILES string of the molecule is C[C@@H](CCc1ccccc1)NC(=O)Nc1ccn(CC(N)=O)n1. The summed E-state index contributed by atoms with van der Waals surface area (Å²) in [6.07, 6.45) is 3.32. The number of hydrogen-bond donors (Lipinski definition) is 3. The van der Waals surface area contributed by atoms with Crippen molar-refractivity contribution in [2.45, 2.75) is 32.4 Å². The van der Waals surface area contributed by atoms with E-state index in [-0.39, 0.29) is 18.6 Å². The van der Waals surface area contributed by atoms with Gasteiger partial charge in [-0.15, -0.1) is 0 Å². The van der Waals surface area contributed by atoms with E-state index in [1.165, 1.54) is 10.2 Å². The van der Waals surface area contributed by atoms with Crippen molar-refractivity contribution in [1.29, 1.82) is 0 Å². The van der Waals surface area contributed by atoms with Crippen molar-refractivity contribution in [2.24, 2.45) is 5.73 Å². The standard InChI is InChI=1S/C16H21N5O2/c1-12(7-8-13-5-3-2-4-6-13)18-16(23)19-15-9-10-21(20-15)11-14(17)22/h2-6,9-10,12H,7-8,11H2,1H3,(H2,17,22)(H2,18,19,20,23)/t12-/m0/s1. The molecule has 0 radical (unpaired) electrons. The second-order valence-corrected chi connectivity index (χ2v) is 5.39. The average molecular weight is 315 g/mol. The highest BCUT2D eigenvalue weighted by atomic mass is 16.2. The Morgan fingerprint density at radius 2 is 2.00 bits per heavy atom. The van der Waals surface area contributed by atoms with Crippen LogP contribution in [0, 0.1) is 0 Å². The molecule has 7 heteroatoms. The van der Waals surface area contributed by atoms with Gasteiger partial charge in [-0.05, 0) is 25.3 Å². The van der Waals surface area contributed by atoms with E-state index < -0.39 is 5.91 Å². The first kappa shape index (κ1) is 16.5. The summed E-state index contributed by atoms with van der Waals surface area (Å²) < 4.78 is 1.37. The summed E-state index contributed by atoms with van der Waals surface area (Å²) in [7, 11) is 0. The van der Waals surface area contributed by atoms with Crippen molar-refractivity contribution in [1.82, 2.24) is 15.1 Å². The van der Waals surface area contributed by atoms with Gasteiger partial charge in [0.1, 0.15) is 6.54 Å². The fourth-order valence-electron chi connectivity index (χ4n) is 2.15. The van der Waals surface area contributed by atoms with Gasteiger partial charge in [-0.2, -0.15) is 5.10 Å². The Balaban J connectivity index is 1.75. The molecule has 0 spiro atoms. The third kappa shape index (κ3) is 5.82. The van der Waals surface area contributed by atoms with E-state index in [1.54, 1.807) is 12.3 Å². The lowest BCUT2D eigenvalue weighted by Crippen LogP contribution is -2.36. The van der Waals surface area contributed by atoms with Gasteiger partial charge < -0.3 is 11.1 Å². The number of nitrogens with two attached hydrogens (primary N) is 1. The minimum Gasteiger partial charge on any atom is -0.368 e. The quantitative estimate of drug-likeness (QED) is 0.721. The van der Waals surface area contributed by atoms with Gasteiger partial charge >= 0.3 is 6.03 Å². The zero-order valence-corrected chi connectivity index (χ0v) is 13.0. The van der Waals surface area contributed by atoms with Crippen LogP contribution >= 0.6 is 0 Å². The number of nitrogens with one attached hydrogen (secondary N) is 2. The molecule has 0 fully saturated rings. The van der Waals surface area contributed by atoms with E-state index in [2.05, 4.69) is 27.9 Å². The first-order valence-corrected chi connectivity index (χ1v) is 7.46. The summed E-state index contributed by atoms with van der Waals surface area (Å²) in [5, 5.41) is 9.52. The molecule has 1 aromatic heterocycles. The Hall–Kier alpha value is -2.83. The molecule has 4 N–H and O–H groups in total. The Morgan fingerprint density at radius 1 is 1.26 bits per heavy atom. The van der Waals surface area contributed by atoms with E-state index in [1.807, 2.05) is 25.1 Å². The van der Waals surface area contributed by atoms with Crippen molar-refractivity contribution in [3.05, 3.63) is 48.2 Å². The average Bonchev–Trinajstić information content (AvgIpc) is 2.92. The number of carbonyl (C=O) groups is 2. The molecule has 1 aromatic carbocycles. The maximum absolute atomic E-state index is 11.9. The maximum Gasteiger partial charge on any atom is 0.320 e. The number of rotatable bonds is 7. The number of amides is 3. The van der Waals surface area contributed by atoms with Crippen molar-refractivity contribution in [2.75, 3.05) is 5.32 Å². The Labute approximate surface area is 134 Å². The van der Waals surface area contributed by atoms with E-state index in [4.69, 9.17) is 5.73 Å². The number of aryl methyl sites for hydroxylation is 1. The first-order valence-electron chi connectivity index (χ1n) is 7.46. The monoisotopic (exact) mass is 315 g/mol. The van der Waals surface area contributed by atoms with E-state index >= 15 is 0 Å². The minimum atomic E-state index is -0.487. The number of carbonyl (C=O) groups excluding carboxylic acids is 2. The van der Waals surface area contributed by atoms with Crippen LogP contribution < -0.4 is 16.4 Å². The van der Waals surface area contributed by atoms with Crippen molar-refractivity contribution in [3.63, 3.8) is 0 Å². The van der Waals surface area contributed by atoms with Crippen molar-refractivity contribution >= 4 is 17.8 Å². The zero-order chi connectivity index (χ0) is 16.7. The van der Waals surface area contributed by atoms with Gasteiger partial charge in [0.05, 0.1) is 0 Å². The Bertz CT molecular complexity index is 654. The number of benzene rings is 1. The molecule has 0 saturated carbocycles. The van der Waals surface area contributed by atoms with Gasteiger partial charge in [-0.3, -0.25) is 14.8 Å². The van der Waals surface area contributed by atoms with Crippen LogP contribution in [0.15, 0.2) is 42.6 Å². The number of nitrogens with zero attached hydrogens (tertiary/aromatic N) is 2. The Kier molecular flexibility index (Phi) is 5.74. The molecular formula is C16H21N5O2. The predicted molar refractivity (Wildman–Crippen MR) is 87.8 cm³/mol. The predicted octanol–water partition coefficient (Wildman–Crippen LogP) is 1.51. The summed E-state index contributed by atoms with van der Waals surface area (Å²) in [5.41, 5.74) is 6.33. The largest absolute Gasteiger partial charge is 0.368 e. The third-order valence-electron chi connectivity index (χ3n) is 3.29. The molecule has 0 aliphatic carbocycles. The highest BCUT2D eigenvalue weighted by molar-refractivity contribution is 5.88. The summed E-state index contributed by atoms with van der Waals surface area (Å²) in [5.74, 6) is -0.113. The lowest BCUT2D eigenvalue weighted by atomic mass is 10.1. The molecule has 2 aromatic rings. The molecule has 1 heterocycles. The lowest BCUT2D eigenvalue weighted by Gasteiger charge is -2.13. The molecule has 0 unspecified atom stereocenters. The first-order chi connectivity index (χ1) is 11.0. The normalized spacial score (nSPS) is 11.7. The summed E-state index contributed by atoms with van der Waals surface area (Å²) in [6.45, 7) is 1.94. The molecule has 122 valence electrons. The van der Waals surface area contributed by atoms with Gasteiger partial charge in [0, 0.05) is 18.3 Å². The van der Waals surface area contributed by atoms with Crippen LogP contribution in [0.3, 0.4) is 0 Å². The number of hydrogen-bond acceptors (Lipinski definition) is 3. The van der Waals surface area contributed by atoms with Crippen LogP contribution in [0.5, 0.6) is 0 Å². The molecule has 0 aliphatic heterocycles. The Morgan fingerprint density at radius 3 is 2.70 bits per heavy atom. The molecule has 7 nitrogen and oxygen atoms in total. The molecule has 0 aliphatic rings. The fraction of sp³-hybridized carbons (Fsp3) is 0.312. The van der Waals surface area contributed by atoms with Crippen molar-refractivity contribution in [3.8, 4) is 0 Å². The van der Waals surface area contributed by atoms with Gasteiger partial charge in [-0.25, -0.2) is 4.79 Å². The molecule has 0 saturated heterocycles. The number of anilines is 1. The van der Waals surface area contributed by atoms with Crippen LogP contribution in [0.2, 0.25) is 0 Å². The van der Waals surface area contributed by atoms with Crippen LogP contribution in [0.1, 0.15) is 18.9 Å². The molecule has 3 amide bonds. The van der Waals surface area contributed by atoms with Gasteiger partial charge in [0.15, 0.2) is 5.82 Å². The summed E-state index contributed by atoms with van der Waals surface area (Å²) in [6, 6.07) is 11.4. The van der Waals surface area contributed by atoms with Crippen LogP contribution in [0.25, 0.3) is 0 Å². The summed E-state index contributed by atoms with van der Waals surface area (Å²) in [4.78, 5) is 22.7. The van der Waals surface area contributed by atoms with E-state index in [0.29, 0.717) is 5.82 Å². The minimum absolute atomic E-state index is 0.0171.